The van der Waals surface area contributed by atoms with Gasteiger partial charge in [-0.05, 0) is 25.5 Å². The van der Waals surface area contributed by atoms with Crippen LogP contribution in [0.15, 0.2) is 36.4 Å². The second-order valence-corrected chi connectivity index (χ2v) is 4.29. The molecule has 0 heterocycles. The molecule has 0 atom stereocenters. The van der Waals surface area contributed by atoms with Crippen molar-refractivity contribution in [3.05, 3.63) is 42.0 Å². The maximum Gasteiger partial charge on any atom is 0.138 e. The number of rotatable bonds is 6. The number of likely N-dealkylation sites (N-methyl/N-ethyl adjacent to an activating group) is 2. The van der Waals surface area contributed by atoms with Crippen LogP contribution in [-0.4, -0.2) is 41.2 Å². The van der Waals surface area contributed by atoms with Gasteiger partial charge in [0.05, 0.1) is 0 Å². The summed E-state index contributed by atoms with van der Waals surface area (Å²) in [6.45, 7) is 3.44. The van der Waals surface area contributed by atoms with Gasteiger partial charge in [-0.2, -0.15) is 0 Å². The molecule has 114 valence electrons. The van der Waals surface area contributed by atoms with Crippen LogP contribution in [0.2, 0.25) is 0 Å². The SMILES string of the molecule is CCN(C(=O)[O-])C(C=Cc1ccccc1)N(CC)C(=O)[O-]. The van der Waals surface area contributed by atoms with E-state index in [2.05, 4.69) is 0 Å². The maximum atomic E-state index is 11.2. The molecule has 0 bridgehead atoms. The number of amides is 2. The van der Waals surface area contributed by atoms with Crippen LogP contribution >= 0.6 is 0 Å². The summed E-state index contributed by atoms with van der Waals surface area (Å²) >= 11 is 0. The predicted octanol–water partition coefficient (Wildman–Crippen LogP) is 0.356. The van der Waals surface area contributed by atoms with Crippen LogP contribution in [0.4, 0.5) is 9.59 Å². The van der Waals surface area contributed by atoms with Crippen LogP contribution in [0, 0.1) is 0 Å². The van der Waals surface area contributed by atoms with Crippen molar-refractivity contribution >= 4 is 18.3 Å². The lowest BCUT2D eigenvalue weighted by Gasteiger charge is -2.40. The third-order valence-electron chi connectivity index (χ3n) is 3.05. The summed E-state index contributed by atoms with van der Waals surface area (Å²) < 4.78 is 0. The average Bonchev–Trinajstić information content (AvgIpc) is 2.46. The van der Waals surface area contributed by atoms with Crippen LogP contribution in [0.3, 0.4) is 0 Å². The monoisotopic (exact) mass is 290 g/mol. The van der Waals surface area contributed by atoms with Gasteiger partial charge < -0.3 is 29.6 Å². The van der Waals surface area contributed by atoms with Gasteiger partial charge in [0.25, 0.3) is 0 Å². The molecule has 0 fully saturated rings. The van der Waals surface area contributed by atoms with E-state index in [0.29, 0.717) is 0 Å². The first kappa shape index (κ1) is 16.6. The minimum atomic E-state index is -1.43. The van der Waals surface area contributed by atoms with E-state index in [1.54, 1.807) is 19.9 Å². The predicted molar refractivity (Wildman–Crippen MR) is 74.8 cm³/mol. The molecule has 0 aromatic heterocycles. The number of carbonyl (C=O) groups is 2. The quantitative estimate of drug-likeness (QED) is 0.708. The Balaban J connectivity index is 3.09. The van der Waals surface area contributed by atoms with Gasteiger partial charge in [0.1, 0.15) is 18.4 Å². The Hall–Kier alpha value is -2.50. The van der Waals surface area contributed by atoms with Gasteiger partial charge in [0.2, 0.25) is 0 Å². The first-order valence-corrected chi connectivity index (χ1v) is 6.69. The molecule has 0 unspecified atom stereocenters. The molecule has 1 aromatic rings. The topological polar surface area (TPSA) is 86.7 Å². The van der Waals surface area contributed by atoms with Gasteiger partial charge in [-0.15, -0.1) is 0 Å². The van der Waals surface area contributed by atoms with Crippen LogP contribution in [0.1, 0.15) is 19.4 Å². The maximum absolute atomic E-state index is 11.2. The first-order chi connectivity index (χ1) is 10.0. The van der Waals surface area contributed by atoms with E-state index in [1.165, 1.54) is 6.08 Å². The van der Waals surface area contributed by atoms with Crippen LogP contribution < -0.4 is 10.2 Å². The Morgan fingerprint density at radius 3 is 1.90 bits per heavy atom. The lowest BCUT2D eigenvalue weighted by molar-refractivity contribution is -0.279. The molecule has 0 N–H and O–H groups in total. The molecule has 0 spiro atoms. The normalized spacial score (nSPS) is 10.8. The summed E-state index contributed by atoms with van der Waals surface area (Å²) in [5, 5.41) is 22.3. The van der Waals surface area contributed by atoms with Gasteiger partial charge in [-0.1, -0.05) is 36.4 Å². The van der Waals surface area contributed by atoms with E-state index < -0.39 is 18.4 Å². The van der Waals surface area contributed by atoms with E-state index in [0.717, 1.165) is 15.4 Å². The molecule has 0 aliphatic heterocycles. The van der Waals surface area contributed by atoms with Crippen LogP contribution in [-0.2, 0) is 0 Å². The molecule has 0 aliphatic carbocycles. The minimum absolute atomic E-state index is 0.107. The summed E-state index contributed by atoms with van der Waals surface area (Å²) in [4.78, 5) is 24.2. The van der Waals surface area contributed by atoms with E-state index in [1.807, 2.05) is 30.3 Å². The Kier molecular flexibility index (Phi) is 6.26. The Bertz CT molecular complexity index is 480. The molecule has 0 saturated carbocycles. The number of hydrogen-bond acceptors (Lipinski definition) is 4. The molecule has 0 aliphatic rings. The van der Waals surface area contributed by atoms with Gasteiger partial charge in [-0.3, -0.25) is 0 Å². The largest absolute Gasteiger partial charge is 0.530 e. The lowest BCUT2D eigenvalue weighted by atomic mass is 10.2. The number of benzene rings is 1. The molecule has 0 radical (unpaired) electrons. The van der Waals surface area contributed by atoms with Gasteiger partial charge in [0.15, 0.2) is 0 Å². The van der Waals surface area contributed by atoms with Crippen molar-refractivity contribution < 1.29 is 19.8 Å². The third-order valence-corrected chi connectivity index (χ3v) is 3.05. The van der Waals surface area contributed by atoms with Crippen molar-refractivity contribution in [2.45, 2.75) is 20.0 Å². The molecule has 6 heteroatoms. The Morgan fingerprint density at radius 1 is 1.05 bits per heavy atom. The van der Waals surface area contributed by atoms with E-state index in [9.17, 15) is 19.8 Å². The zero-order chi connectivity index (χ0) is 15.8. The highest BCUT2D eigenvalue weighted by molar-refractivity contribution is 5.68. The highest BCUT2D eigenvalue weighted by Crippen LogP contribution is 2.11. The minimum Gasteiger partial charge on any atom is -0.530 e. The van der Waals surface area contributed by atoms with E-state index >= 15 is 0 Å². The second-order valence-electron chi connectivity index (χ2n) is 4.29. The number of nitrogens with zero attached hydrogens (tertiary/aromatic N) is 2. The van der Waals surface area contributed by atoms with Crippen molar-refractivity contribution in [3.63, 3.8) is 0 Å². The molecule has 1 aromatic carbocycles. The third kappa shape index (κ3) is 4.52. The van der Waals surface area contributed by atoms with Crippen molar-refractivity contribution in [1.29, 1.82) is 0 Å². The van der Waals surface area contributed by atoms with Gasteiger partial charge >= 0.3 is 0 Å². The molecular formula is C15H18N2O4-2. The lowest BCUT2D eigenvalue weighted by Crippen LogP contribution is -2.58. The van der Waals surface area contributed by atoms with Crippen LogP contribution in [0.5, 0.6) is 0 Å². The fraction of sp³-hybridized carbons (Fsp3) is 0.333. The average molecular weight is 290 g/mol. The molecule has 2 amide bonds. The molecule has 21 heavy (non-hydrogen) atoms. The highest BCUT2D eigenvalue weighted by Gasteiger charge is 2.20. The van der Waals surface area contributed by atoms with E-state index in [4.69, 9.17) is 0 Å². The number of hydrogen-bond donors (Lipinski definition) is 0. The Morgan fingerprint density at radius 2 is 1.52 bits per heavy atom. The zero-order valence-corrected chi connectivity index (χ0v) is 12.1. The number of carboxylic acid groups (broad SMARTS) is 2. The smallest absolute Gasteiger partial charge is 0.138 e. The number of carbonyl (C=O) groups excluding carboxylic acids is 2. The molecule has 0 saturated heterocycles. The van der Waals surface area contributed by atoms with Gasteiger partial charge in [0, 0.05) is 13.1 Å². The first-order valence-electron chi connectivity index (χ1n) is 6.69. The van der Waals surface area contributed by atoms with Crippen molar-refractivity contribution in [1.82, 2.24) is 9.80 Å². The second kappa shape index (κ2) is 7.94. The fourth-order valence-corrected chi connectivity index (χ4v) is 1.99. The van der Waals surface area contributed by atoms with Crippen molar-refractivity contribution in [2.75, 3.05) is 13.1 Å². The fourth-order valence-electron chi connectivity index (χ4n) is 1.99. The summed E-state index contributed by atoms with van der Waals surface area (Å²) in [7, 11) is 0. The molecule has 6 nitrogen and oxygen atoms in total. The Labute approximate surface area is 123 Å². The standard InChI is InChI=1S/C15H20N2O4/c1-3-16(14(18)19)13(17(4-2)15(20)21)11-10-12-8-6-5-7-9-12/h5-11,13H,3-4H2,1-2H3,(H,18,19)(H,20,21)/p-2. The van der Waals surface area contributed by atoms with Crippen molar-refractivity contribution in [2.24, 2.45) is 0 Å². The summed E-state index contributed by atoms with van der Waals surface area (Å²) in [5.74, 6) is 0. The summed E-state index contributed by atoms with van der Waals surface area (Å²) in [6.07, 6.45) is -0.662. The van der Waals surface area contributed by atoms with Crippen LogP contribution in [0.25, 0.3) is 6.08 Å². The molecular weight excluding hydrogens is 272 g/mol. The van der Waals surface area contributed by atoms with Gasteiger partial charge in [-0.25, -0.2) is 0 Å². The highest BCUT2D eigenvalue weighted by atomic mass is 16.4. The molecule has 1 rings (SSSR count). The zero-order valence-electron chi connectivity index (χ0n) is 12.1. The van der Waals surface area contributed by atoms with E-state index in [-0.39, 0.29) is 13.1 Å². The summed E-state index contributed by atoms with van der Waals surface area (Å²) in [6, 6.07) is 9.19. The summed E-state index contributed by atoms with van der Waals surface area (Å²) in [5.41, 5.74) is 0.839. The van der Waals surface area contributed by atoms with Crippen molar-refractivity contribution in [3.8, 4) is 0 Å².